The second-order valence-corrected chi connectivity index (χ2v) is 8.42. The number of hydrogen-bond donors (Lipinski definition) is 1. The van der Waals surface area contributed by atoms with E-state index in [2.05, 4.69) is 41.4 Å². The Balaban J connectivity index is 1.39. The average Bonchev–Trinajstić information content (AvgIpc) is 3.61. The molecule has 1 aliphatic carbocycles. The van der Waals surface area contributed by atoms with E-state index in [1.54, 1.807) is 0 Å². The number of nitrogens with one attached hydrogen (secondary N) is 1. The SMILES string of the molecule is CCCCOc1ccc(NC(=O)N2CCN(C3CC3)CC2Cc2ccccc2)cc1. The number of nitrogens with zero attached hydrogens (tertiary/aromatic N) is 2. The molecule has 1 heterocycles. The molecule has 1 N–H and O–H groups in total. The lowest BCUT2D eigenvalue weighted by Gasteiger charge is -2.41. The summed E-state index contributed by atoms with van der Waals surface area (Å²) in [7, 11) is 0. The van der Waals surface area contributed by atoms with E-state index in [0.29, 0.717) is 0 Å². The maximum Gasteiger partial charge on any atom is 0.322 e. The minimum absolute atomic E-state index is 0.00831. The number of piperazine rings is 1. The number of benzene rings is 2. The van der Waals surface area contributed by atoms with Crippen LogP contribution in [0.25, 0.3) is 0 Å². The Kier molecular flexibility index (Phi) is 6.90. The first-order chi connectivity index (χ1) is 14.7. The van der Waals surface area contributed by atoms with Crippen LogP contribution in [0, 0.1) is 0 Å². The molecule has 2 aliphatic rings. The van der Waals surface area contributed by atoms with Crippen LogP contribution in [-0.2, 0) is 6.42 Å². The van der Waals surface area contributed by atoms with Crippen LogP contribution in [0.5, 0.6) is 5.75 Å². The molecule has 1 saturated carbocycles. The molecule has 1 aliphatic heterocycles. The van der Waals surface area contributed by atoms with Crippen molar-refractivity contribution in [2.45, 2.75) is 51.1 Å². The molecule has 0 radical (unpaired) electrons. The van der Waals surface area contributed by atoms with Crippen molar-refractivity contribution in [1.82, 2.24) is 9.80 Å². The lowest BCUT2D eigenvalue weighted by molar-refractivity contribution is 0.0954. The molecule has 30 heavy (non-hydrogen) atoms. The van der Waals surface area contributed by atoms with Crippen molar-refractivity contribution in [2.75, 3.05) is 31.6 Å². The Hall–Kier alpha value is -2.53. The van der Waals surface area contributed by atoms with Crippen LogP contribution in [0.1, 0.15) is 38.2 Å². The van der Waals surface area contributed by atoms with Crippen LogP contribution >= 0.6 is 0 Å². The average molecular weight is 408 g/mol. The van der Waals surface area contributed by atoms with Crippen LogP contribution in [0.2, 0.25) is 0 Å². The third kappa shape index (κ3) is 5.54. The number of anilines is 1. The smallest absolute Gasteiger partial charge is 0.322 e. The fraction of sp³-hybridized carbons (Fsp3) is 0.480. The molecule has 5 nitrogen and oxygen atoms in total. The van der Waals surface area contributed by atoms with Gasteiger partial charge in [-0.1, -0.05) is 43.7 Å². The minimum Gasteiger partial charge on any atom is -0.494 e. The Morgan fingerprint density at radius 2 is 1.83 bits per heavy atom. The van der Waals surface area contributed by atoms with Gasteiger partial charge in [-0.05, 0) is 55.5 Å². The summed E-state index contributed by atoms with van der Waals surface area (Å²) in [4.78, 5) is 17.7. The van der Waals surface area contributed by atoms with E-state index in [0.717, 1.165) is 63.0 Å². The van der Waals surface area contributed by atoms with E-state index in [1.807, 2.05) is 35.2 Å². The van der Waals surface area contributed by atoms with Crippen molar-refractivity contribution in [2.24, 2.45) is 0 Å². The van der Waals surface area contributed by atoms with Crippen LogP contribution < -0.4 is 10.1 Å². The first-order valence-corrected chi connectivity index (χ1v) is 11.3. The molecular formula is C25H33N3O2. The van der Waals surface area contributed by atoms with Crippen molar-refractivity contribution in [3.05, 3.63) is 60.2 Å². The number of amides is 2. The third-order valence-electron chi connectivity index (χ3n) is 6.02. The minimum atomic E-state index is -0.00831. The predicted octanol–water partition coefficient (Wildman–Crippen LogP) is 4.79. The summed E-state index contributed by atoms with van der Waals surface area (Å²) in [5.74, 6) is 0.849. The number of carbonyl (C=O) groups excluding carboxylic acids is 1. The summed E-state index contributed by atoms with van der Waals surface area (Å²) < 4.78 is 5.72. The molecule has 160 valence electrons. The number of unbranched alkanes of at least 4 members (excludes halogenated alkanes) is 1. The number of carbonyl (C=O) groups is 1. The highest BCUT2D eigenvalue weighted by molar-refractivity contribution is 5.89. The first-order valence-electron chi connectivity index (χ1n) is 11.3. The topological polar surface area (TPSA) is 44.8 Å². The molecule has 0 bridgehead atoms. The van der Waals surface area contributed by atoms with Crippen molar-refractivity contribution in [1.29, 1.82) is 0 Å². The zero-order chi connectivity index (χ0) is 20.8. The van der Waals surface area contributed by atoms with Gasteiger partial charge < -0.3 is 15.0 Å². The maximum atomic E-state index is 13.1. The third-order valence-corrected chi connectivity index (χ3v) is 6.02. The summed E-state index contributed by atoms with van der Waals surface area (Å²) in [6, 6.07) is 19.1. The van der Waals surface area contributed by atoms with Gasteiger partial charge in [-0.15, -0.1) is 0 Å². The summed E-state index contributed by atoms with van der Waals surface area (Å²) in [6.45, 7) is 5.58. The van der Waals surface area contributed by atoms with Gasteiger partial charge in [-0.3, -0.25) is 4.90 Å². The maximum absolute atomic E-state index is 13.1. The van der Waals surface area contributed by atoms with Gasteiger partial charge in [0.15, 0.2) is 0 Å². The van der Waals surface area contributed by atoms with E-state index in [4.69, 9.17) is 4.74 Å². The second kappa shape index (κ2) is 9.98. The zero-order valence-corrected chi connectivity index (χ0v) is 17.9. The van der Waals surface area contributed by atoms with Gasteiger partial charge in [-0.2, -0.15) is 0 Å². The zero-order valence-electron chi connectivity index (χ0n) is 17.9. The largest absolute Gasteiger partial charge is 0.494 e. The van der Waals surface area contributed by atoms with Crippen molar-refractivity contribution < 1.29 is 9.53 Å². The van der Waals surface area contributed by atoms with E-state index in [9.17, 15) is 4.79 Å². The summed E-state index contributed by atoms with van der Waals surface area (Å²) >= 11 is 0. The Bertz CT molecular complexity index is 805. The predicted molar refractivity (Wildman–Crippen MR) is 121 cm³/mol. The fourth-order valence-electron chi connectivity index (χ4n) is 4.14. The van der Waals surface area contributed by atoms with Gasteiger partial charge in [0.05, 0.1) is 12.6 Å². The van der Waals surface area contributed by atoms with E-state index in [-0.39, 0.29) is 12.1 Å². The molecule has 4 rings (SSSR count). The lowest BCUT2D eigenvalue weighted by atomic mass is 10.0. The monoisotopic (exact) mass is 407 g/mol. The highest BCUT2D eigenvalue weighted by Gasteiger charge is 2.37. The number of hydrogen-bond acceptors (Lipinski definition) is 3. The molecular weight excluding hydrogens is 374 g/mol. The number of rotatable bonds is 8. The van der Waals surface area contributed by atoms with Gasteiger partial charge in [-0.25, -0.2) is 4.79 Å². The standard InChI is InChI=1S/C25H33N3O2/c1-2-3-17-30-24-13-9-21(10-14-24)26-25(29)28-16-15-27(22-11-12-22)19-23(28)18-20-7-5-4-6-8-20/h4-10,13-14,22-23H,2-3,11-12,15-19H2,1H3,(H,26,29). The van der Waals surface area contributed by atoms with E-state index in [1.165, 1.54) is 18.4 Å². The van der Waals surface area contributed by atoms with E-state index < -0.39 is 0 Å². The molecule has 0 aromatic heterocycles. The molecule has 2 amide bonds. The normalized spacial score (nSPS) is 19.5. The molecule has 5 heteroatoms. The fourth-order valence-corrected chi connectivity index (χ4v) is 4.14. The highest BCUT2D eigenvalue weighted by Crippen LogP contribution is 2.30. The van der Waals surface area contributed by atoms with Gasteiger partial charge in [0, 0.05) is 31.4 Å². The lowest BCUT2D eigenvalue weighted by Crippen LogP contribution is -2.57. The van der Waals surface area contributed by atoms with Crippen LogP contribution in [0.4, 0.5) is 10.5 Å². The quantitative estimate of drug-likeness (QED) is 0.640. The van der Waals surface area contributed by atoms with Gasteiger partial charge in [0.1, 0.15) is 5.75 Å². The molecule has 1 saturated heterocycles. The molecule has 2 fully saturated rings. The molecule has 2 aromatic rings. The van der Waals surface area contributed by atoms with Crippen LogP contribution in [-0.4, -0.2) is 54.2 Å². The summed E-state index contributed by atoms with van der Waals surface area (Å²) in [6.07, 6.45) is 5.66. The van der Waals surface area contributed by atoms with Crippen molar-refractivity contribution in [3.8, 4) is 5.75 Å². The van der Waals surface area contributed by atoms with Crippen LogP contribution in [0.15, 0.2) is 54.6 Å². The molecule has 2 aromatic carbocycles. The number of urea groups is 1. The molecule has 0 spiro atoms. The van der Waals surface area contributed by atoms with Crippen LogP contribution in [0.3, 0.4) is 0 Å². The van der Waals surface area contributed by atoms with E-state index >= 15 is 0 Å². The Labute approximate surface area is 180 Å². The molecule has 1 atom stereocenters. The number of ether oxygens (including phenoxy) is 1. The van der Waals surface area contributed by atoms with Gasteiger partial charge in [0.2, 0.25) is 0 Å². The molecule has 1 unspecified atom stereocenters. The Morgan fingerprint density at radius 3 is 2.53 bits per heavy atom. The summed E-state index contributed by atoms with van der Waals surface area (Å²) in [5.41, 5.74) is 2.09. The van der Waals surface area contributed by atoms with Gasteiger partial charge >= 0.3 is 6.03 Å². The van der Waals surface area contributed by atoms with Crippen molar-refractivity contribution >= 4 is 11.7 Å². The second-order valence-electron chi connectivity index (χ2n) is 8.42. The summed E-state index contributed by atoms with van der Waals surface area (Å²) in [5, 5.41) is 3.09. The highest BCUT2D eigenvalue weighted by atomic mass is 16.5. The first kappa shape index (κ1) is 20.7. The van der Waals surface area contributed by atoms with Gasteiger partial charge in [0.25, 0.3) is 0 Å². The Morgan fingerprint density at radius 1 is 1.07 bits per heavy atom. The van der Waals surface area contributed by atoms with Crippen molar-refractivity contribution in [3.63, 3.8) is 0 Å².